The van der Waals surface area contributed by atoms with E-state index in [9.17, 15) is 4.39 Å². The lowest BCUT2D eigenvalue weighted by Crippen LogP contribution is -2.32. The highest BCUT2D eigenvalue weighted by Crippen LogP contribution is 2.28. The number of rotatable bonds is 2. The fourth-order valence-corrected chi connectivity index (χ4v) is 2.10. The Morgan fingerprint density at radius 1 is 1.53 bits per heavy atom. The lowest BCUT2D eigenvalue weighted by molar-refractivity contribution is 0.266. The van der Waals surface area contributed by atoms with Crippen LogP contribution in [0.5, 0.6) is 0 Å². The van der Waals surface area contributed by atoms with Crippen LogP contribution in [0.2, 0.25) is 0 Å². The minimum absolute atomic E-state index is 0.0446. The minimum Gasteiger partial charge on any atom is -0.399 e. The maximum atomic E-state index is 13.6. The molecule has 1 heterocycles. The van der Waals surface area contributed by atoms with E-state index >= 15 is 0 Å². The van der Waals surface area contributed by atoms with Gasteiger partial charge in [-0.3, -0.25) is 0 Å². The summed E-state index contributed by atoms with van der Waals surface area (Å²) in [6, 6.07) is 4.73. The van der Waals surface area contributed by atoms with Crippen LogP contribution in [0.15, 0.2) is 18.2 Å². The van der Waals surface area contributed by atoms with Gasteiger partial charge in [-0.1, -0.05) is 0 Å². The lowest BCUT2D eigenvalue weighted by Gasteiger charge is -2.25. The fourth-order valence-electron chi connectivity index (χ4n) is 2.10. The number of nitrogens with zero attached hydrogens (tertiary/aromatic N) is 1. The number of aliphatic hydroxyl groups is 1. The molecule has 0 amide bonds. The van der Waals surface area contributed by atoms with Gasteiger partial charge in [-0.15, -0.1) is 0 Å². The van der Waals surface area contributed by atoms with Crippen LogP contribution in [-0.2, 0) is 0 Å². The third-order valence-electron chi connectivity index (χ3n) is 2.87. The van der Waals surface area contributed by atoms with Gasteiger partial charge < -0.3 is 15.7 Å². The molecule has 1 aromatic rings. The summed E-state index contributed by atoms with van der Waals surface area (Å²) in [6.45, 7) is 0.871. The third-order valence-corrected chi connectivity index (χ3v) is 2.87. The summed E-state index contributed by atoms with van der Waals surface area (Å²) in [5, 5.41) is 9.15. The second-order valence-electron chi connectivity index (χ2n) is 3.88. The quantitative estimate of drug-likeness (QED) is 0.725. The lowest BCUT2D eigenvalue weighted by atomic mass is 10.2. The van der Waals surface area contributed by atoms with Crippen molar-refractivity contribution in [3.05, 3.63) is 24.0 Å². The van der Waals surface area contributed by atoms with E-state index in [1.165, 1.54) is 6.07 Å². The number of anilines is 2. The highest BCUT2D eigenvalue weighted by atomic mass is 19.1. The van der Waals surface area contributed by atoms with Crippen molar-refractivity contribution in [3.63, 3.8) is 0 Å². The average Bonchev–Trinajstić information content (AvgIpc) is 2.65. The summed E-state index contributed by atoms with van der Waals surface area (Å²) in [5.74, 6) is -0.310. The topological polar surface area (TPSA) is 49.5 Å². The largest absolute Gasteiger partial charge is 0.399 e. The van der Waals surface area contributed by atoms with Gasteiger partial charge in [-0.25, -0.2) is 4.39 Å². The van der Waals surface area contributed by atoms with Crippen molar-refractivity contribution in [1.29, 1.82) is 0 Å². The molecule has 1 atom stereocenters. The van der Waals surface area contributed by atoms with E-state index < -0.39 is 0 Å². The zero-order valence-corrected chi connectivity index (χ0v) is 8.49. The van der Waals surface area contributed by atoms with Crippen molar-refractivity contribution in [3.8, 4) is 0 Å². The van der Waals surface area contributed by atoms with E-state index in [2.05, 4.69) is 0 Å². The van der Waals surface area contributed by atoms with Crippen molar-refractivity contribution in [2.75, 3.05) is 23.8 Å². The number of benzene rings is 1. The van der Waals surface area contributed by atoms with Gasteiger partial charge in [0, 0.05) is 12.2 Å². The summed E-state index contributed by atoms with van der Waals surface area (Å²) < 4.78 is 13.6. The molecular weight excluding hydrogens is 195 g/mol. The van der Waals surface area contributed by atoms with Gasteiger partial charge in [0.15, 0.2) is 0 Å². The molecule has 0 saturated carbocycles. The first-order valence-electron chi connectivity index (χ1n) is 5.15. The molecule has 15 heavy (non-hydrogen) atoms. The summed E-state index contributed by atoms with van der Waals surface area (Å²) in [6.07, 6.45) is 1.91. The van der Waals surface area contributed by atoms with Crippen LogP contribution < -0.4 is 10.6 Å². The summed E-state index contributed by atoms with van der Waals surface area (Å²) >= 11 is 0. The van der Waals surface area contributed by atoms with E-state index in [0.29, 0.717) is 11.4 Å². The summed E-state index contributed by atoms with van der Waals surface area (Å²) in [7, 11) is 0. The maximum absolute atomic E-state index is 13.6. The normalized spacial score (nSPS) is 20.9. The van der Waals surface area contributed by atoms with Crippen molar-refractivity contribution in [2.24, 2.45) is 0 Å². The molecule has 0 aliphatic carbocycles. The van der Waals surface area contributed by atoms with Crippen LogP contribution in [0.3, 0.4) is 0 Å². The first kappa shape index (κ1) is 10.2. The molecule has 0 aromatic heterocycles. The number of aliphatic hydroxyl groups excluding tert-OH is 1. The number of nitrogens with two attached hydrogens (primary N) is 1. The molecule has 0 radical (unpaired) electrons. The molecular formula is C11H15FN2O. The maximum Gasteiger partial charge on any atom is 0.148 e. The van der Waals surface area contributed by atoms with Gasteiger partial charge >= 0.3 is 0 Å². The van der Waals surface area contributed by atoms with Gasteiger partial charge in [0.1, 0.15) is 5.82 Å². The molecule has 82 valence electrons. The Morgan fingerprint density at radius 2 is 2.33 bits per heavy atom. The first-order chi connectivity index (χ1) is 7.22. The Balaban J connectivity index is 2.28. The van der Waals surface area contributed by atoms with Crippen molar-refractivity contribution >= 4 is 11.4 Å². The number of halogens is 1. The van der Waals surface area contributed by atoms with Gasteiger partial charge in [-0.2, -0.15) is 0 Å². The number of hydrogen-bond acceptors (Lipinski definition) is 3. The Hall–Kier alpha value is -1.29. The highest BCUT2D eigenvalue weighted by molar-refractivity contribution is 5.55. The average molecular weight is 210 g/mol. The van der Waals surface area contributed by atoms with Gasteiger partial charge in [0.2, 0.25) is 0 Å². The zero-order chi connectivity index (χ0) is 10.8. The summed E-state index contributed by atoms with van der Waals surface area (Å²) in [5.41, 5.74) is 6.45. The molecule has 2 rings (SSSR count). The van der Waals surface area contributed by atoms with Crippen LogP contribution in [0.4, 0.5) is 15.8 Å². The molecule has 1 aliphatic rings. The van der Waals surface area contributed by atoms with Gasteiger partial charge in [0.05, 0.1) is 18.3 Å². The van der Waals surface area contributed by atoms with Crippen LogP contribution in [0.25, 0.3) is 0 Å². The van der Waals surface area contributed by atoms with Crippen LogP contribution in [-0.4, -0.2) is 24.3 Å². The number of nitrogen functional groups attached to an aromatic ring is 1. The number of hydrogen-bond donors (Lipinski definition) is 2. The molecule has 0 spiro atoms. The van der Waals surface area contributed by atoms with Crippen molar-refractivity contribution < 1.29 is 9.50 Å². The summed E-state index contributed by atoms with van der Waals surface area (Å²) in [4.78, 5) is 1.91. The van der Waals surface area contributed by atoms with Crippen LogP contribution in [0.1, 0.15) is 12.8 Å². The second-order valence-corrected chi connectivity index (χ2v) is 3.88. The minimum atomic E-state index is -0.310. The first-order valence-corrected chi connectivity index (χ1v) is 5.15. The SMILES string of the molecule is Nc1ccc(N2CCCC2CO)c(F)c1. The molecule has 1 aromatic carbocycles. The molecule has 1 unspecified atom stereocenters. The van der Waals surface area contributed by atoms with Gasteiger partial charge in [0.25, 0.3) is 0 Å². The Kier molecular flexibility index (Phi) is 2.77. The van der Waals surface area contributed by atoms with E-state index in [1.54, 1.807) is 12.1 Å². The monoisotopic (exact) mass is 210 g/mol. The Bertz CT molecular complexity index is 356. The fraction of sp³-hybridized carbons (Fsp3) is 0.455. The Labute approximate surface area is 88.3 Å². The molecule has 1 fully saturated rings. The standard InChI is InChI=1S/C11H15FN2O/c12-10-6-8(13)3-4-11(10)14-5-1-2-9(14)7-15/h3-4,6,9,15H,1-2,5,7,13H2. The molecule has 1 aliphatic heterocycles. The predicted octanol–water partition coefficient (Wildman–Crippen LogP) is 1.37. The second kappa shape index (κ2) is 4.06. The molecule has 4 heteroatoms. The highest BCUT2D eigenvalue weighted by Gasteiger charge is 2.25. The Morgan fingerprint density at radius 3 is 3.00 bits per heavy atom. The molecule has 3 nitrogen and oxygen atoms in total. The molecule has 3 N–H and O–H groups in total. The van der Waals surface area contributed by atoms with Gasteiger partial charge in [-0.05, 0) is 31.0 Å². The van der Waals surface area contributed by atoms with Crippen molar-refractivity contribution in [1.82, 2.24) is 0 Å². The third kappa shape index (κ3) is 1.90. The van der Waals surface area contributed by atoms with Crippen molar-refractivity contribution in [2.45, 2.75) is 18.9 Å². The van der Waals surface area contributed by atoms with E-state index in [4.69, 9.17) is 10.8 Å². The van der Waals surface area contributed by atoms with E-state index in [1.807, 2.05) is 4.90 Å². The predicted molar refractivity (Wildman–Crippen MR) is 58.3 cm³/mol. The van der Waals surface area contributed by atoms with E-state index in [0.717, 1.165) is 19.4 Å². The smallest absolute Gasteiger partial charge is 0.148 e. The van der Waals surface area contributed by atoms with Crippen LogP contribution in [0, 0.1) is 5.82 Å². The van der Waals surface area contributed by atoms with Crippen LogP contribution >= 0.6 is 0 Å². The molecule has 1 saturated heterocycles. The molecule has 0 bridgehead atoms. The zero-order valence-electron chi connectivity index (χ0n) is 8.49. The van der Waals surface area contributed by atoms with E-state index in [-0.39, 0.29) is 18.5 Å².